The standard InChI is InChI=1S/C43H44Cl2N8O5S/c1-23-16-29(17-24(2)39(23)45)57-15-9-10-30-31-12-13-33(44)38(37-26(4)47-36(48-27(37)5)21-58-59(8,55)56)40(31)53-25(3)19-52(43(54)41(30)53)35-20-50(6)34-14-11-28(18-32(34)35)42-46-22-51(7)49-42/h11-14,16-18,20,22,25H,9-10,15,19,21H2,1-8H3/t25-/m1/s1. The zero-order valence-corrected chi connectivity index (χ0v) is 36.4. The molecule has 5 heterocycles. The van der Waals surface area contributed by atoms with Crippen LogP contribution >= 0.6 is 23.2 Å². The van der Waals surface area contributed by atoms with Crippen LogP contribution in [0.3, 0.4) is 0 Å². The van der Waals surface area contributed by atoms with Crippen molar-refractivity contribution >= 4 is 66.7 Å². The number of hydrogen-bond donors (Lipinski definition) is 0. The normalized spacial score (nSPS) is 14.5. The van der Waals surface area contributed by atoms with Crippen molar-refractivity contribution in [2.24, 2.45) is 14.1 Å². The van der Waals surface area contributed by atoms with Crippen LogP contribution in [-0.2, 0) is 41.4 Å². The highest BCUT2D eigenvalue weighted by Crippen LogP contribution is 2.45. The van der Waals surface area contributed by atoms with E-state index in [-0.39, 0.29) is 24.4 Å². The summed E-state index contributed by atoms with van der Waals surface area (Å²) in [4.78, 5) is 31.0. The second-order valence-corrected chi connectivity index (χ2v) is 17.8. The molecule has 3 aromatic carbocycles. The maximum Gasteiger partial charge on any atom is 0.275 e. The molecule has 0 spiro atoms. The number of ether oxygens (including phenoxy) is 1. The number of nitrogens with zero attached hydrogens (tertiary/aromatic N) is 8. The van der Waals surface area contributed by atoms with E-state index >= 15 is 4.79 Å². The van der Waals surface area contributed by atoms with Crippen molar-refractivity contribution in [1.29, 1.82) is 0 Å². The third-order valence-corrected chi connectivity index (χ3v) is 12.3. The predicted octanol–water partition coefficient (Wildman–Crippen LogP) is 8.64. The Hall–Kier alpha value is -5.28. The molecule has 0 radical (unpaired) electrons. The van der Waals surface area contributed by atoms with Gasteiger partial charge in [0.2, 0.25) is 0 Å². The lowest BCUT2D eigenvalue weighted by molar-refractivity contribution is 0.0957. The second-order valence-electron chi connectivity index (χ2n) is 15.4. The highest BCUT2D eigenvalue weighted by Gasteiger charge is 2.37. The second kappa shape index (κ2) is 15.4. The molecule has 59 heavy (non-hydrogen) atoms. The molecule has 4 aromatic heterocycles. The summed E-state index contributed by atoms with van der Waals surface area (Å²) < 4.78 is 40.6. The summed E-state index contributed by atoms with van der Waals surface area (Å²) in [5, 5.41) is 7.53. The lowest BCUT2D eigenvalue weighted by Gasteiger charge is -2.34. The van der Waals surface area contributed by atoms with E-state index in [1.54, 1.807) is 11.0 Å². The maximum absolute atomic E-state index is 15.3. The Kier molecular flexibility index (Phi) is 10.6. The summed E-state index contributed by atoms with van der Waals surface area (Å²) in [6.45, 7) is 10.2. The molecule has 306 valence electrons. The number of halogens is 2. The molecular weight excluding hydrogens is 811 g/mol. The average Bonchev–Trinajstić information content (AvgIpc) is 3.86. The molecule has 13 nitrogen and oxygen atoms in total. The first-order valence-electron chi connectivity index (χ1n) is 19.2. The van der Waals surface area contributed by atoms with Crippen molar-refractivity contribution in [3.63, 3.8) is 0 Å². The Balaban J connectivity index is 1.26. The van der Waals surface area contributed by atoms with Crippen molar-refractivity contribution < 1.29 is 22.1 Å². The van der Waals surface area contributed by atoms with Crippen LogP contribution < -0.4 is 9.64 Å². The Bertz CT molecular complexity index is 2910. The van der Waals surface area contributed by atoms with Crippen molar-refractivity contribution in [3.8, 4) is 28.3 Å². The molecule has 0 saturated carbocycles. The zero-order chi connectivity index (χ0) is 42.1. The van der Waals surface area contributed by atoms with Crippen molar-refractivity contribution in [3.05, 3.63) is 105 Å². The first-order chi connectivity index (χ1) is 28.0. The molecule has 8 rings (SSSR count). The Morgan fingerprint density at radius 3 is 2.31 bits per heavy atom. The first kappa shape index (κ1) is 40.5. The van der Waals surface area contributed by atoms with Crippen LogP contribution in [0.4, 0.5) is 5.69 Å². The van der Waals surface area contributed by atoms with Gasteiger partial charge < -0.3 is 18.8 Å². The number of fused-ring (bicyclic) bond motifs is 4. The van der Waals surface area contributed by atoms with Gasteiger partial charge in [0, 0.05) is 82.3 Å². The van der Waals surface area contributed by atoms with E-state index in [9.17, 15) is 8.42 Å². The minimum atomic E-state index is -3.71. The summed E-state index contributed by atoms with van der Waals surface area (Å²) in [5.41, 5.74) is 9.40. The highest BCUT2D eigenvalue weighted by molar-refractivity contribution is 7.85. The van der Waals surface area contributed by atoms with Gasteiger partial charge in [0.25, 0.3) is 16.0 Å². The molecule has 0 N–H and O–H groups in total. The molecule has 0 saturated heterocycles. The summed E-state index contributed by atoms with van der Waals surface area (Å²) in [6.07, 6.45) is 5.83. The lowest BCUT2D eigenvalue weighted by Crippen LogP contribution is -2.42. The molecule has 0 fully saturated rings. The number of aryl methyl sites for hydroxylation is 7. The topological polar surface area (TPSA) is 139 Å². The molecule has 1 aliphatic rings. The van der Waals surface area contributed by atoms with Crippen LogP contribution in [0.1, 0.15) is 63.8 Å². The Labute approximate surface area is 352 Å². The van der Waals surface area contributed by atoms with Crippen LogP contribution in [0.5, 0.6) is 5.75 Å². The third-order valence-electron chi connectivity index (χ3n) is 10.9. The number of aromatic nitrogens is 7. The minimum Gasteiger partial charge on any atom is -0.494 e. The van der Waals surface area contributed by atoms with Gasteiger partial charge in [0.05, 0.1) is 29.1 Å². The molecule has 1 aliphatic heterocycles. The summed E-state index contributed by atoms with van der Waals surface area (Å²) in [7, 11) is 0.105. The molecule has 0 aliphatic carbocycles. The largest absolute Gasteiger partial charge is 0.494 e. The van der Waals surface area contributed by atoms with Gasteiger partial charge in [-0.25, -0.2) is 15.0 Å². The number of benzene rings is 3. The Morgan fingerprint density at radius 1 is 0.932 bits per heavy atom. The van der Waals surface area contributed by atoms with Gasteiger partial charge in [-0.2, -0.15) is 13.5 Å². The molecule has 1 atom stereocenters. The maximum atomic E-state index is 15.3. The summed E-state index contributed by atoms with van der Waals surface area (Å²) >= 11 is 13.6. The van der Waals surface area contributed by atoms with E-state index in [1.807, 2.05) is 93.9 Å². The van der Waals surface area contributed by atoms with E-state index in [0.717, 1.165) is 66.8 Å². The van der Waals surface area contributed by atoms with Crippen LogP contribution in [0.25, 0.3) is 44.3 Å². The number of hydrogen-bond acceptors (Lipinski definition) is 9. The van der Waals surface area contributed by atoms with Crippen molar-refractivity contribution in [1.82, 2.24) is 33.9 Å². The zero-order valence-electron chi connectivity index (χ0n) is 34.1. The molecule has 7 aromatic rings. The lowest BCUT2D eigenvalue weighted by atomic mass is 9.97. The molecule has 0 bridgehead atoms. The fourth-order valence-corrected chi connectivity index (χ4v) is 9.05. The molecule has 1 amide bonds. The molecular formula is C43H44Cl2N8O5S. The van der Waals surface area contributed by atoms with E-state index in [1.165, 1.54) is 0 Å². The summed E-state index contributed by atoms with van der Waals surface area (Å²) in [5.74, 6) is 1.45. The first-order valence-corrected chi connectivity index (χ1v) is 21.8. The predicted molar refractivity (Wildman–Crippen MR) is 231 cm³/mol. The number of carbonyl (C=O) groups excluding carboxylic acids is 1. The van der Waals surface area contributed by atoms with Crippen molar-refractivity contribution in [2.45, 2.75) is 60.1 Å². The SMILES string of the molecule is Cc1cc(OCCCc2c3n(c4c(-c5c(C)nc(COS(C)(=O)=O)nc5C)c(Cl)ccc24)[C@H](C)CN(c2cn(C)c4ccc(-c5ncn(C)n5)cc24)C3=O)cc(C)c1Cl. The fourth-order valence-electron chi connectivity index (χ4n) is 8.37. The van der Waals surface area contributed by atoms with E-state index in [2.05, 4.69) is 37.6 Å². The quantitative estimate of drug-likeness (QED) is 0.0925. The van der Waals surface area contributed by atoms with Gasteiger partial charge in [0.1, 0.15) is 24.4 Å². The van der Waals surface area contributed by atoms with E-state index in [0.29, 0.717) is 65.0 Å². The van der Waals surface area contributed by atoms with Crippen LogP contribution in [0.15, 0.2) is 55.0 Å². The van der Waals surface area contributed by atoms with Crippen LogP contribution in [-0.4, -0.2) is 67.6 Å². The van der Waals surface area contributed by atoms with E-state index < -0.39 is 10.1 Å². The number of anilines is 1. The van der Waals surface area contributed by atoms with Gasteiger partial charge >= 0.3 is 0 Å². The minimum absolute atomic E-state index is 0.131. The van der Waals surface area contributed by atoms with Gasteiger partial charge in [-0.15, -0.1) is 0 Å². The van der Waals surface area contributed by atoms with Gasteiger partial charge in [-0.1, -0.05) is 29.3 Å². The Morgan fingerprint density at radius 2 is 1.64 bits per heavy atom. The van der Waals surface area contributed by atoms with Gasteiger partial charge in [-0.05, 0) is 101 Å². The van der Waals surface area contributed by atoms with Crippen molar-refractivity contribution in [2.75, 3.05) is 24.3 Å². The average molecular weight is 856 g/mol. The summed E-state index contributed by atoms with van der Waals surface area (Å²) in [6, 6.07) is 13.6. The number of carbonyl (C=O) groups is 1. The molecule has 0 unspecified atom stereocenters. The fraction of sp³-hybridized carbons (Fsp3) is 0.326. The van der Waals surface area contributed by atoms with Gasteiger partial charge in [-0.3, -0.25) is 13.7 Å². The van der Waals surface area contributed by atoms with Gasteiger partial charge in [0.15, 0.2) is 11.6 Å². The smallest absolute Gasteiger partial charge is 0.275 e. The van der Waals surface area contributed by atoms with Crippen LogP contribution in [0.2, 0.25) is 10.0 Å². The monoisotopic (exact) mass is 854 g/mol. The highest BCUT2D eigenvalue weighted by atomic mass is 35.5. The number of rotatable bonds is 11. The number of amides is 1. The molecule has 16 heteroatoms. The van der Waals surface area contributed by atoms with Crippen LogP contribution in [0, 0.1) is 27.7 Å². The van der Waals surface area contributed by atoms with E-state index in [4.69, 9.17) is 32.1 Å². The third kappa shape index (κ3) is 7.47.